The monoisotopic (exact) mass is 272 g/mol. The molecule has 2 heterocycles. The number of hydrogen-bond acceptors (Lipinski definition) is 4. The fraction of sp³-hybridized carbons (Fsp3) is 0.500. The van der Waals surface area contributed by atoms with Crippen molar-refractivity contribution < 1.29 is 0 Å². The van der Waals surface area contributed by atoms with Gasteiger partial charge in [-0.2, -0.15) is 0 Å². The number of nitrogens with two attached hydrogens (primary N) is 1. The molecule has 0 aliphatic heterocycles. The number of aliphatic imine (C=N–C) groups is 1. The molecule has 0 unspecified atom stereocenters. The van der Waals surface area contributed by atoms with Gasteiger partial charge in [0.2, 0.25) is 0 Å². The van der Waals surface area contributed by atoms with Crippen molar-refractivity contribution in [2.45, 2.75) is 31.7 Å². The van der Waals surface area contributed by atoms with E-state index in [1.54, 1.807) is 13.2 Å². The van der Waals surface area contributed by atoms with Crippen molar-refractivity contribution in [3.05, 3.63) is 23.9 Å². The van der Waals surface area contributed by atoms with Gasteiger partial charge >= 0.3 is 0 Å². The molecule has 1 saturated carbocycles. The Morgan fingerprint density at radius 3 is 2.90 bits per heavy atom. The third kappa shape index (κ3) is 2.16. The summed E-state index contributed by atoms with van der Waals surface area (Å²) in [5.74, 6) is 1.32. The summed E-state index contributed by atoms with van der Waals surface area (Å²) in [6.45, 7) is 0. The van der Waals surface area contributed by atoms with Crippen LogP contribution in [-0.2, 0) is 0 Å². The fourth-order valence-corrected chi connectivity index (χ4v) is 3.04. The summed E-state index contributed by atoms with van der Waals surface area (Å²) in [6, 6.07) is 2.26. The first kappa shape index (κ1) is 13.1. The minimum absolute atomic E-state index is 0.314. The first-order valence-electron chi connectivity index (χ1n) is 7.03. The Morgan fingerprint density at radius 1 is 1.45 bits per heavy atom. The van der Waals surface area contributed by atoms with Crippen LogP contribution in [0.15, 0.2) is 23.5 Å². The summed E-state index contributed by atoms with van der Waals surface area (Å²) in [7, 11) is 1.80. The predicted octanol–water partition coefficient (Wildman–Crippen LogP) is 1.24. The first-order chi connectivity index (χ1) is 9.70. The molecule has 6 nitrogen and oxygen atoms in total. The lowest BCUT2D eigenvalue weighted by Crippen LogP contribution is -2.37. The molecular formula is C14H20N6. The van der Waals surface area contributed by atoms with Crippen molar-refractivity contribution in [1.29, 1.82) is 5.41 Å². The number of fused-ring (bicyclic) bond motifs is 1. The van der Waals surface area contributed by atoms with Crippen molar-refractivity contribution >= 4 is 17.0 Å². The van der Waals surface area contributed by atoms with Crippen LogP contribution in [0.2, 0.25) is 0 Å². The van der Waals surface area contributed by atoms with E-state index in [4.69, 9.17) is 11.1 Å². The minimum Gasteiger partial charge on any atom is -0.345 e. The number of nitrogens with one attached hydrogen (secondary N) is 2. The predicted molar refractivity (Wildman–Crippen MR) is 78.6 cm³/mol. The van der Waals surface area contributed by atoms with Gasteiger partial charge in [0.25, 0.3) is 0 Å². The van der Waals surface area contributed by atoms with Gasteiger partial charge in [-0.15, -0.1) is 0 Å². The largest absolute Gasteiger partial charge is 0.345 e. The maximum Gasteiger partial charge on any atom is 0.154 e. The Kier molecular flexibility index (Phi) is 3.40. The van der Waals surface area contributed by atoms with Gasteiger partial charge in [0.1, 0.15) is 11.3 Å². The van der Waals surface area contributed by atoms with E-state index in [9.17, 15) is 0 Å². The van der Waals surface area contributed by atoms with Crippen LogP contribution in [0.1, 0.15) is 25.7 Å². The smallest absolute Gasteiger partial charge is 0.154 e. The number of H-pyrrole nitrogens is 1. The molecule has 6 heteroatoms. The van der Waals surface area contributed by atoms with Gasteiger partial charge in [0, 0.05) is 25.2 Å². The molecule has 0 radical (unpaired) electrons. The van der Waals surface area contributed by atoms with Crippen LogP contribution in [0, 0.1) is 11.3 Å². The molecule has 0 amide bonds. The van der Waals surface area contributed by atoms with Crippen molar-refractivity contribution in [3.8, 4) is 0 Å². The van der Waals surface area contributed by atoms with Crippen LogP contribution >= 0.6 is 0 Å². The van der Waals surface area contributed by atoms with Gasteiger partial charge in [0.05, 0.1) is 11.7 Å². The maximum atomic E-state index is 8.16. The molecule has 20 heavy (non-hydrogen) atoms. The van der Waals surface area contributed by atoms with Crippen LogP contribution in [0.25, 0.3) is 11.2 Å². The van der Waals surface area contributed by atoms with E-state index in [-0.39, 0.29) is 0 Å². The standard InChI is InChI=1S/C14H20N6/c1-17-14(9-2-4-10(15)5-3-9)20-11-6-7-18-13(11)19-8-12(20)16/h6-10,16,18H,2-5,15H2,1H3/b16-12?,17-14-/t9-,10-. The Labute approximate surface area is 117 Å². The normalized spacial score (nSPS) is 24.2. The molecule has 2 aromatic rings. The van der Waals surface area contributed by atoms with Gasteiger partial charge < -0.3 is 10.7 Å². The molecule has 2 aromatic heterocycles. The third-order valence-electron chi connectivity index (χ3n) is 4.10. The second-order valence-corrected chi connectivity index (χ2v) is 5.38. The Hall–Kier alpha value is -1.95. The molecule has 106 valence electrons. The van der Waals surface area contributed by atoms with Crippen molar-refractivity contribution in [2.24, 2.45) is 16.6 Å². The van der Waals surface area contributed by atoms with Crippen molar-refractivity contribution in [1.82, 2.24) is 14.5 Å². The lowest BCUT2D eigenvalue weighted by molar-refractivity contribution is 0.386. The zero-order chi connectivity index (χ0) is 14.1. The summed E-state index contributed by atoms with van der Waals surface area (Å²) >= 11 is 0. The van der Waals surface area contributed by atoms with Gasteiger partial charge in [-0.1, -0.05) is 0 Å². The zero-order valence-corrected chi connectivity index (χ0v) is 11.6. The average molecular weight is 272 g/mol. The molecule has 3 rings (SSSR count). The fourth-order valence-electron chi connectivity index (χ4n) is 3.04. The van der Waals surface area contributed by atoms with Crippen LogP contribution in [0.3, 0.4) is 0 Å². The number of hydrogen-bond donors (Lipinski definition) is 3. The lowest BCUT2D eigenvalue weighted by atomic mass is 9.85. The van der Waals surface area contributed by atoms with Gasteiger partial charge in [0.15, 0.2) is 5.65 Å². The highest BCUT2D eigenvalue weighted by molar-refractivity contribution is 5.93. The van der Waals surface area contributed by atoms with E-state index in [2.05, 4.69) is 15.0 Å². The number of aromatic nitrogens is 3. The maximum absolute atomic E-state index is 8.16. The second-order valence-electron chi connectivity index (χ2n) is 5.38. The molecule has 0 saturated heterocycles. The van der Waals surface area contributed by atoms with Gasteiger partial charge in [-0.05, 0) is 31.7 Å². The van der Waals surface area contributed by atoms with Crippen LogP contribution in [0.5, 0.6) is 0 Å². The van der Waals surface area contributed by atoms with Crippen LogP contribution in [0.4, 0.5) is 0 Å². The molecule has 0 aromatic carbocycles. The number of aromatic amines is 1. The number of rotatable bonds is 1. The van der Waals surface area contributed by atoms with E-state index in [1.807, 2.05) is 16.8 Å². The minimum atomic E-state index is 0.314. The quantitative estimate of drug-likeness (QED) is 0.538. The SMILES string of the molecule is C/N=C(/[C@H]1CC[C@H](N)CC1)n1c(=N)cnc2[nH]ccc21. The summed E-state index contributed by atoms with van der Waals surface area (Å²) in [6.07, 6.45) is 7.54. The van der Waals surface area contributed by atoms with Crippen molar-refractivity contribution in [3.63, 3.8) is 0 Å². The Balaban J connectivity index is 2.06. The molecular weight excluding hydrogens is 252 g/mol. The van der Waals surface area contributed by atoms with E-state index < -0.39 is 0 Å². The zero-order valence-electron chi connectivity index (χ0n) is 11.6. The lowest BCUT2D eigenvalue weighted by Gasteiger charge is -2.28. The molecule has 4 N–H and O–H groups in total. The van der Waals surface area contributed by atoms with E-state index in [0.29, 0.717) is 17.4 Å². The van der Waals surface area contributed by atoms with E-state index in [0.717, 1.165) is 42.7 Å². The summed E-state index contributed by atoms with van der Waals surface area (Å²) < 4.78 is 1.90. The summed E-state index contributed by atoms with van der Waals surface area (Å²) in [5, 5.41) is 8.16. The molecule has 1 fully saturated rings. The highest BCUT2D eigenvalue weighted by Gasteiger charge is 2.25. The third-order valence-corrected chi connectivity index (χ3v) is 4.10. The van der Waals surface area contributed by atoms with E-state index in [1.165, 1.54) is 0 Å². The Morgan fingerprint density at radius 2 is 2.20 bits per heavy atom. The van der Waals surface area contributed by atoms with E-state index >= 15 is 0 Å². The molecule has 1 aliphatic carbocycles. The average Bonchev–Trinajstić information content (AvgIpc) is 2.92. The molecule has 1 aliphatic rings. The molecule has 0 spiro atoms. The highest BCUT2D eigenvalue weighted by Crippen LogP contribution is 2.25. The number of nitrogens with zero attached hydrogens (tertiary/aromatic N) is 3. The molecule has 0 bridgehead atoms. The van der Waals surface area contributed by atoms with Crippen LogP contribution in [-0.4, -0.2) is 33.5 Å². The highest BCUT2D eigenvalue weighted by atomic mass is 15.1. The van der Waals surface area contributed by atoms with Gasteiger partial charge in [-0.25, -0.2) is 4.98 Å². The molecule has 0 atom stereocenters. The van der Waals surface area contributed by atoms with Crippen molar-refractivity contribution in [2.75, 3.05) is 7.05 Å². The van der Waals surface area contributed by atoms with Crippen LogP contribution < -0.4 is 11.2 Å². The summed E-state index contributed by atoms with van der Waals surface area (Å²) in [5.41, 5.74) is 8.05. The topological polar surface area (TPSA) is 95.8 Å². The van der Waals surface area contributed by atoms with Gasteiger partial charge in [-0.3, -0.25) is 15.0 Å². The Bertz CT molecular complexity index is 687. The second kappa shape index (κ2) is 5.20. The first-order valence-corrected chi connectivity index (χ1v) is 7.03. The summed E-state index contributed by atoms with van der Waals surface area (Å²) in [4.78, 5) is 11.8.